The van der Waals surface area contributed by atoms with Crippen LogP contribution in [0.5, 0.6) is 0 Å². The van der Waals surface area contributed by atoms with Crippen LogP contribution in [-0.2, 0) is 17.9 Å². The largest absolute Gasteiger partial charge is 0.390 e. The maximum Gasteiger partial charge on any atom is 0.227 e. The fraction of sp³-hybridized carbons (Fsp3) is 0.600. The molecule has 1 aromatic heterocycles. The molecule has 0 unspecified atom stereocenters. The second-order valence-electron chi connectivity index (χ2n) is 4.13. The van der Waals surface area contributed by atoms with Gasteiger partial charge in [-0.3, -0.25) is 4.79 Å². The molecule has 2 N–H and O–H groups in total. The van der Waals surface area contributed by atoms with Crippen molar-refractivity contribution in [3.63, 3.8) is 0 Å². The summed E-state index contributed by atoms with van der Waals surface area (Å²) in [6.45, 7) is 4.15. The Hall–Kier alpha value is -1.36. The zero-order valence-corrected chi connectivity index (χ0v) is 9.32. The first-order valence-electron chi connectivity index (χ1n) is 4.83. The lowest BCUT2D eigenvalue weighted by molar-refractivity contribution is -0.129. The Kier molecular flexibility index (Phi) is 3.47. The molecule has 0 aromatic carbocycles. The minimum atomic E-state index is -0.515. The highest BCUT2D eigenvalue weighted by atomic mass is 16.3. The Balaban J connectivity index is 2.81. The van der Waals surface area contributed by atoms with Crippen LogP contribution in [0.1, 0.15) is 19.5 Å². The predicted octanol–water partition coefficient (Wildman–Crippen LogP) is 0.148. The molecule has 1 aromatic rings. The fourth-order valence-corrected chi connectivity index (χ4v) is 1.46. The molecule has 1 amide bonds. The Morgan fingerprint density at radius 1 is 1.67 bits per heavy atom. The minimum Gasteiger partial charge on any atom is -0.390 e. The van der Waals surface area contributed by atoms with Crippen molar-refractivity contribution in [3.8, 4) is 0 Å². The van der Waals surface area contributed by atoms with Crippen molar-refractivity contribution in [2.75, 3.05) is 7.05 Å². The molecule has 0 saturated heterocycles. The zero-order chi connectivity index (χ0) is 11.5. The number of hydrogen-bond donors (Lipinski definition) is 2. The van der Waals surface area contributed by atoms with Gasteiger partial charge in [0.25, 0.3) is 0 Å². The van der Waals surface area contributed by atoms with E-state index in [9.17, 15) is 4.79 Å². The summed E-state index contributed by atoms with van der Waals surface area (Å²) in [5.74, 6) is -0.0277. The first kappa shape index (κ1) is 11.7. The van der Waals surface area contributed by atoms with Crippen LogP contribution < -0.4 is 5.32 Å². The lowest BCUT2D eigenvalue weighted by Crippen LogP contribution is -2.37. The molecular formula is C10H17N3O2. The topological polar surface area (TPSA) is 67.2 Å². The molecular weight excluding hydrogens is 194 g/mol. The third-order valence-electron chi connectivity index (χ3n) is 2.37. The van der Waals surface area contributed by atoms with Gasteiger partial charge in [0.2, 0.25) is 5.91 Å². The Morgan fingerprint density at radius 3 is 2.87 bits per heavy atom. The van der Waals surface area contributed by atoms with Crippen molar-refractivity contribution in [1.82, 2.24) is 14.9 Å². The van der Waals surface area contributed by atoms with Crippen LogP contribution in [0.15, 0.2) is 12.5 Å². The van der Waals surface area contributed by atoms with Gasteiger partial charge in [0.1, 0.15) is 0 Å². The summed E-state index contributed by atoms with van der Waals surface area (Å²) in [6, 6.07) is 0. The van der Waals surface area contributed by atoms with Gasteiger partial charge in [0.15, 0.2) is 0 Å². The van der Waals surface area contributed by atoms with Crippen LogP contribution in [0.4, 0.5) is 0 Å². The monoisotopic (exact) mass is 211 g/mol. The van der Waals surface area contributed by atoms with Gasteiger partial charge in [0.05, 0.1) is 30.2 Å². The third kappa shape index (κ3) is 2.56. The van der Waals surface area contributed by atoms with Gasteiger partial charge in [0, 0.05) is 13.6 Å². The van der Waals surface area contributed by atoms with Gasteiger partial charge in [-0.2, -0.15) is 0 Å². The highest BCUT2D eigenvalue weighted by Gasteiger charge is 2.27. The minimum absolute atomic E-state index is 0.0277. The second-order valence-corrected chi connectivity index (χ2v) is 4.13. The quantitative estimate of drug-likeness (QED) is 0.745. The Morgan fingerprint density at radius 2 is 2.33 bits per heavy atom. The summed E-state index contributed by atoms with van der Waals surface area (Å²) in [6.07, 6.45) is 3.22. The first-order valence-corrected chi connectivity index (χ1v) is 4.83. The van der Waals surface area contributed by atoms with Crippen molar-refractivity contribution in [2.24, 2.45) is 5.41 Å². The molecule has 0 aliphatic heterocycles. The van der Waals surface area contributed by atoms with Crippen LogP contribution in [-0.4, -0.2) is 27.6 Å². The van der Waals surface area contributed by atoms with Crippen molar-refractivity contribution in [3.05, 3.63) is 18.2 Å². The molecule has 5 nitrogen and oxygen atoms in total. The van der Waals surface area contributed by atoms with Gasteiger partial charge in [-0.25, -0.2) is 4.98 Å². The van der Waals surface area contributed by atoms with Crippen molar-refractivity contribution in [2.45, 2.75) is 27.0 Å². The molecule has 0 fully saturated rings. The number of imidazole rings is 1. The van der Waals surface area contributed by atoms with Gasteiger partial charge < -0.3 is 15.0 Å². The normalized spacial score (nSPS) is 11.5. The number of hydrogen-bond acceptors (Lipinski definition) is 3. The number of rotatable bonds is 4. The van der Waals surface area contributed by atoms with E-state index in [4.69, 9.17) is 5.11 Å². The van der Waals surface area contributed by atoms with E-state index in [0.717, 1.165) is 0 Å². The number of amides is 1. The average Bonchev–Trinajstić information content (AvgIpc) is 2.63. The molecule has 0 radical (unpaired) electrons. The van der Waals surface area contributed by atoms with Crippen LogP contribution in [0.3, 0.4) is 0 Å². The van der Waals surface area contributed by atoms with Crippen molar-refractivity contribution < 1.29 is 9.90 Å². The highest BCUT2D eigenvalue weighted by molar-refractivity contribution is 5.81. The van der Waals surface area contributed by atoms with Crippen LogP contribution in [0.2, 0.25) is 0 Å². The lowest BCUT2D eigenvalue weighted by Gasteiger charge is -2.23. The number of carbonyl (C=O) groups is 1. The average molecular weight is 211 g/mol. The predicted molar refractivity (Wildman–Crippen MR) is 56.0 cm³/mol. The number of aliphatic hydroxyl groups excluding tert-OH is 1. The number of aromatic nitrogens is 2. The molecule has 84 valence electrons. The molecule has 0 saturated carbocycles. The highest BCUT2D eigenvalue weighted by Crippen LogP contribution is 2.19. The van der Waals surface area contributed by atoms with Crippen LogP contribution in [0, 0.1) is 5.41 Å². The summed E-state index contributed by atoms with van der Waals surface area (Å²) >= 11 is 0. The summed E-state index contributed by atoms with van der Waals surface area (Å²) in [5.41, 5.74) is 0.200. The fourth-order valence-electron chi connectivity index (χ4n) is 1.46. The Labute approximate surface area is 89.1 Å². The molecule has 0 aliphatic rings. The molecule has 15 heavy (non-hydrogen) atoms. The molecule has 5 heteroatoms. The standard InChI is InChI=1S/C10H17N3O2/c1-10(2,9(15)11-3)6-13-7-12-4-8(13)5-14/h4,7,14H,5-6H2,1-3H3,(H,11,15). The van der Waals surface area contributed by atoms with Gasteiger partial charge in [-0.05, 0) is 13.8 Å². The number of carbonyl (C=O) groups excluding carboxylic acids is 1. The maximum absolute atomic E-state index is 11.6. The number of aliphatic hydroxyl groups is 1. The number of nitrogens with one attached hydrogen (secondary N) is 1. The van der Waals surface area contributed by atoms with E-state index < -0.39 is 5.41 Å². The molecule has 1 rings (SSSR count). The van der Waals surface area contributed by atoms with Crippen molar-refractivity contribution in [1.29, 1.82) is 0 Å². The Bertz CT molecular complexity index is 344. The van der Waals surface area contributed by atoms with Crippen molar-refractivity contribution >= 4 is 5.91 Å². The van der Waals surface area contributed by atoms with Crippen LogP contribution in [0.25, 0.3) is 0 Å². The second kappa shape index (κ2) is 4.44. The molecule has 1 heterocycles. The smallest absolute Gasteiger partial charge is 0.227 e. The maximum atomic E-state index is 11.6. The van der Waals surface area contributed by atoms with E-state index >= 15 is 0 Å². The molecule has 0 bridgehead atoms. The lowest BCUT2D eigenvalue weighted by atomic mass is 9.92. The van der Waals surface area contributed by atoms with E-state index in [2.05, 4.69) is 10.3 Å². The van der Waals surface area contributed by atoms with E-state index in [1.807, 2.05) is 13.8 Å². The van der Waals surface area contributed by atoms with Gasteiger partial charge in [-0.15, -0.1) is 0 Å². The van der Waals surface area contributed by atoms with Crippen LogP contribution >= 0.6 is 0 Å². The third-order valence-corrected chi connectivity index (χ3v) is 2.37. The summed E-state index contributed by atoms with van der Waals surface area (Å²) in [7, 11) is 1.62. The van der Waals surface area contributed by atoms with Gasteiger partial charge in [-0.1, -0.05) is 0 Å². The zero-order valence-electron chi connectivity index (χ0n) is 9.32. The van der Waals surface area contributed by atoms with Gasteiger partial charge >= 0.3 is 0 Å². The van der Waals surface area contributed by atoms with E-state index in [0.29, 0.717) is 12.2 Å². The molecule has 0 aliphatic carbocycles. The summed E-state index contributed by atoms with van der Waals surface area (Å²) < 4.78 is 1.79. The SMILES string of the molecule is CNC(=O)C(C)(C)Cn1cncc1CO. The van der Waals surface area contributed by atoms with E-state index in [1.54, 1.807) is 24.1 Å². The van der Waals surface area contributed by atoms with E-state index in [1.165, 1.54) is 0 Å². The summed E-state index contributed by atoms with van der Waals surface area (Å²) in [4.78, 5) is 15.5. The molecule has 0 atom stereocenters. The summed E-state index contributed by atoms with van der Waals surface area (Å²) in [5, 5.41) is 11.7. The first-order chi connectivity index (χ1) is 7.01. The van der Waals surface area contributed by atoms with E-state index in [-0.39, 0.29) is 12.5 Å². The number of nitrogens with zero attached hydrogens (tertiary/aromatic N) is 2. The molecule has 0 spiro atoms.